The van der Waals surface area contributed by atoms with E-state index < -0.39 is 40.5 Å². The molecule has 0 radical (unpaired) electrons. The lowest BCUT2D eigenvalue weighted by atomic mass is 9.47. The monoisotopic (exact) mass is 456 g/mol. The number of aliphatic hydroxyl groups is 1. The fraction of sp³-hybridized carbons (Fsp3) is 0.600. The number of carbonyl (C=O) groups is 2. The summed E-state index contributed by atoms with van der Waals surface area (Å²) in [5.41, 5.74) is -1.41. The van der Waals surface area contributed by atoms with Gasteiger partial charge in [0.1, 0.15) is 5.75 Å². The molecule has 3 heterocycles. The quantitative estimate of drug-likeness (QED) is 0.541. The number of rotatable bonds is 4. The zero-order valence-corrected chi connectivity index (χ0v) is 19.8. The van der Waals surface area contributed by atoms with Crippen molar-refractivity contribution in [2.45, 2.75) is 55.9 Å². The van der Waals surface area contributed by atoms with Crippen LogP contribution in [0.2, 0.25) is 0 Å². The minimum absolute atomic E-state index is 0.0589. The second-order valence-electron chi connectivity index (χ2n) is 9.76. The molecular formula is C25H32N2O6. The van der Waals surface area contributed by atoms with Crippen molar-refractivity contribution in [2.75, 3.05) is 39.3 Å². The number of carbonyl (C=O) groups excluding carboxylic acids is 2. The molecule has 2 fully saturated rings. The molecule has 0 bridgehead atoms. The van der Waals surface area contributed by atoms with Crippen molar-refractivity contribution < 1.29 is 28.9 Å². The second-order valence-corrected chi connectivity index (χ2v) is 9.76. The van der Waals surface area contributed by atoms with Gasteiger partial charge in [-0.15, -0.1) is 0 Å². The summed E-state index contributed by atoms with van der Waals surface area (Å²) in [6.07, 6.45) is 4.40. The fourth-order valence-corrected chi connectivity index (χ4v) is 7.68. The smallest absolute Gasteiger partial charge is 0.344 e. The Morgan fingerprint density at radius 1 is 1.24 bits per heavy atom. The molecule has 8 nitrogen and oxygen atoms in total. The number of esters is 2. The Morgan fingerprint density at radius 3 is 2.64 bits per heavy atom. The van der Waals surface area contributed by atoms with E-state index in [0.29, 0.717) is 12.2 Å². The Balaban J connectivity index is 1.86. The van der Waals surface area contributed by atoms with Gasteiger partial charge in [0, 0.05) is 49.1 Å². The highest BCUT2D eigenvalue weighted by Gasteiger charge is 2.80. The zero-order valence-electron chi connectivity index (χ0n) is 19.8. The maximum Gasteiger partial charge on any atom is 0.344 e. The van der Waals surface area contributed by atoms with Crippen molar-refractivity contribution in [3.8, 4) is 5.75 Å². The molecular weight excluding hydrogens is 424 g/mol. The molecule has 5 rings (SSSR count). The number of methoxy groups -OCH3 is 2. The number of hydrogen-bond donors (Lipinski definition) is 1. The van der Waals surface area contributed by atoms with Crippen LogP contribution in [0.15, 0.2) is 30.4 Å². The average molecular weight is 457 g/mol. The highest BCUT2D eigenvalue weighted by molar-refractivity contribution is 5.87. The molecule has 1 saturated heterocycles. The maximum absolute atomic E-state index is 13.5. The molecule has 33 heavy (non-hydrogen) atoms. The normalized spacial score (nSPS) is 38.4. The first-order valence-electron chi connectivity index (χ1n) is 11.5. The van der Waals surface area contributed by atoms with Gasteiger partial charge in [0.05, 0.1) is 20.3 Å². The van der Waals surface area contributed by atoms with Crippen molar-refractivity contribution in [3.05, 3.63) is 35.9 Å². The van der Waals surface area contributed by atoms with Crippen LogP contribution in [0.4, 0.5) is 5.69 Å². The lowest BCUT2D eigenvalue weighted by Gasteiger charge is -2.63. The van der Waals surface area contributed by atoms with E-state index in [1.807, 2.05) is 31.0 Å². The van der Waals surface area contributed by atoms with Gasteiger partial charge >= 0.3 is 11.9 Å². The third kappa shape index (κ3) is 2.48. The van der Waals surface area contributed by atoms with Crippen LogP contribution in [-0.4, -0.2) is 80.1 Å². The molecule has 0 unspecified atom stereocenters. The Labute approximate surface area is 194 Å². The molecule has 1 spiro atoms. The molecule has 1 aromatic carbocycles. The summed E-state index contributed by atoms with van der Waals surface area (Å²) in [5, 5.41) is 12.5. The van der Waals surface area contributed by atoms with E-state index in [4.69, 9.17) is 14.2 Å². The van der Waals surface area contributed by atoms with E-state index in [1.165, 1.54) is 14.0 Å². The summed E-state index contributed by atoms with van der Waals surface area (Å²) in [5.74, 6) is -0.617. The largest absolute Gasteiger partial charge is 0.497 e. The second kappa shape index (κ2) is 7.21. The number of anilines is 1. The van der Waals surface area contributed by atoms with Gasteiger partial charge in [-0.3, -0.25) is 9.69 Å². The number of likely N-dealkylation sites (N-methyl/N-ethyl adjacent to an activating group) is 1. The molecule has 1 saturated carbocycles. The van der Waals surface area contributed by atoms with Crippen LogP contribution in [0.3, 0.4) is 0 Å². The lowest BCUT2D eigenvalue weighted by Crippen LogP contribution is -2.81. The van der Waals surface area contributed by atoms with Crippen LogP contribution in [0.25, 0.3) is 0 Å². The van der Waals surface area contributed by atoms with Crippen LogP contribution < -0.4 is 9.64 Å². The van der Waals surface area contributed by atoms with E-state index in [0.717, 1.165) is 30.8 Å². The summed E-state index contributed by atoms with van der Waals surface area (Å²) in [6, 6.07) is 5.22. The molecule has 1 aliphatic carbocycles. The summed E-state index contributed by atoms with van der Waals surface area (Å²) < 4.78 is 16.6. The fourth-order valence-electron chi connectivity index (χ4n) is 7.68. The first-order valence-corrected chi connectivity index (χ1v) is 11.5. The SMILES string of the molecule is CC[C@]12C=CCN3CC[C@@]4(c5ccc(OC)cc5N(C)[C@@H]4[C@@](O)(C(=O)OC)[C@@H]1OC(C)=O)[C@H]32. The number of ether oxygens (including phenoxy) is 3. The minimum Gasteiger partial charge on any atom is -0.497 e. The standard InChI is InChI=1S/C25H32N2O6/c1-6-23-10-7-12-27-13-11-24(19(23)27)17-9-8-16(31-4)14-18(17)26(3)20(24)25(30,22(29)32-5)21(23)33-15(2)28/h7-10,14,19-21,30H,6,11-13H2,1-5H3/t19-,20+,21-,23-,24-,25+/m1/s1. The van der Waals surface area contributed by atoms with Crippen molar-refractivity contribution in [3.63, 3.8) is 0 Å². The Hall–Kier alpha value is -2.58. The Kier molecular flexibility index (Phi) is 4.85. The average Bonchev–Trinajstić information content (AvgIpc) is 3.32. The molecule has 4 aliphatic rings. The number of benzene rings is 1. The molecule has 1 aromatic rings. The highest BCUT2D eigenvalue weighted by Crippen LogP contribution is 2.67. The van der Waals surface area contributed by atoms with Gasteiger partial charge in [-0.1, -0.05) is 25.1 Å². The van der Waals surface area contributed by atoms with Gasteiger partial charge in [0.2, 0.25) is 5.60 Å². The Bertz CT molecular complexity index is 1040. The van der Waals surface area contributed by atoms with Gasteiger partial charge in [0.25, 0.3) is 0 Å². The molecule has 6 atom stereocenters. The zero-order chi connectivity index (χ0) is 23.8. The van der Waals surface area contributed by atoms with Crippen LogP contribution in [0.5, 0.6) is 5.75 Å². The van der Waals surface area contributed by atoms with Gasteiger partial charge in [-0.25, -0.2) is 4.79 Å². The highest BCUT2D eigenvalue weighted by atomic mass is 16.6. The van der Waals surface area contributed by atoms with E-state index in [1.54, 1.807) is 7.11 Å². The van der Waals surface area contributed by atoms with Gasteiger partial charge in [-0.05, 0) is 31.0 Å². The van der Waals surface area contributed by atoms with E-state index in [2.05, 4.69) is 23.1 Å². The van der Waals surface area contributed by atoms with Crippen LogP contribution in [-0.2, 0) is 24.5 Å². The molecule has 0 aromatic heterocycles. The van der Waals surface area contributed by atoms with Crippen LogP contribution in [0, 0.1) is 5.41 Å². The van der Waals surface area contributed by atoms with Crippen LogP contribution >= 0.6 is 0 Å². The summed E-state index contributed by atoms with van der Waals surface area (Å²) in [7, 11) is 4.77. The lowest BCUT2D eigenvalue weighted by molar-refractivity contribution is -0.228. The third-order valence-corrected chi connectivity index (χ3v) is 8.62. The molecule has 3 aliphatic heterocycles. The predicted octanol–water partition coefficient (Wildman–Crippen LogP) is 1.64. The van der Waals surface area contributed by atoms with Gasteiger partial charge < -0.3 is 24.2 Å². The third-order valence-electron chi connectivity index (χ3n) is 8.62. The first kappa shape index (κ1) is 22.2. The molecule has 1 N–H and O–H groups in total. The van der Waals surface area contributed by atoms with E-state index >= 15 is 0 Å². The summed E-state index contributed by atoms with van der Waals surface area (Å²) >= 11 is 0. The van der Waals surface area contributed by atoms with Gasteiger partial charge in [0.15, 0.2) is 6.10 Å². The van der Waals surface area contributed by atoms with Crippen molar-refractivity contribution in [1.82, 2.24) is 4.90 Å². The number of fused-ring (bicyclic) bond motifs is 1. The number of hydrogen-bond acceptors (Lipinski definition) is 8. The molecule has 178 valence electrons. The van der Waals surface area contributed by atoms with Crippen molar-refractivity contribution in [1.29, 1.82) is 0 Å². The van der Waals surface area contributed by atoms with Gasteiger partial charge in [-0.2, -0.15) is 0 Å². The minimum atomic E-state index is -2.08. The van der Waals surface area contributed by atoms with E-state index in [-0.39, 0.29) is 6.04 Å². The Morgan fingerprint density at radius 2 is 2.00 bits per heavy atom. The van der Waals surface area contributed by atoms with Crippen molar-refractivity contribution >= 4 is 17.6 Å². The van der Waals surface area contributed by atoms with Crippen LogP contribution in [0.1, 0.15) is 32.3 Å². The summed E-state index contributed by atoms with van der Waals surface area (Å²) in [4.78, 5) is 30.2. The number of nitrogens with zero attached hydrogens (tertiary/aromatic N) is 2. The summed E-state index contributed by atoms with van der Waals surface area (Å²) in [6.45, 7) is 4.94. The van der Waals surface area contributed by atoms with E-state index in [9.17, 15) is 14.7 Å². The molecule has 8 heteroatoms. The van der Waals surface area contributed by atoms with Crippen molar-refractivity contribution in [2.24, 2.45) is 5.41 Å². The predicted molar refractivity (Wildman–Crippen MR) is 121 cm³/mol. The first-order chi connectivity index (χ1) is 15.7. The molecule has 0 amide bonds. The topological polar surface area (TPSA) is 88.5 Å². The maximum atomic E-state index is 13.5.